The maximum Gasteiger partial charge on any atom is 0.255 e. The van der Waals surface area contributed by atoms with Gasteiger partial charge in [0, 0.05) is 16.8 Å². The van der Waals surface area contributed by atoms with Crippen LogP contribution in [0.2, 0.25) is 0 Å². The molecule has 0 spiro atoms. The maximum absolute atomic E-state index is 12.6. The summed E-state index contributed by atoms with van der Waals surface area (Å²) in [5, 5.41) is 2.99. The third kappa shape index (κ3) is 3.73. The van der Waals surface area contributed by atoms with Crippen LogP contribution in [0.1, 0.15) is 72.4 Å². The zero-order chi connectivity index (χ0) is 19.8. The summed E-state index contributed by atoms with van der Waals surface area (Å²) in [5.74, 6) is -0.332. The van der Waals surface area contributed by atoms with Gasteiger partial charge in [-0.1, -0.05) is 52.5 Å². The zero-order valence-electron chi connectivity index (χ0n) is 16.6. The topological polar surface area (TPSA) is 46.2 Å². The Morgan fingerprint density at radius 2 is 1.44 bits per heavy atom. The number of amides is 1. The molecular formula is C24H27NO2. The summed E-state index contributed by atoms with van der Waals surface area (Å²) in [6.07, 6.45) is 3.56. The van der Waals surface area contributed by atoms with Crippen LogP contribution < -0.4 is 5.32 Å². The fourth-order valence-electron chi connectivity index (χ4n) is 3.77. The Balaban J connectivity index is 1.85. The van der Waals surface area contributed by atoms with E-state index in [1.165, 1.54) is 17.2 Å². The molecule has 0 unspecified atom stereocenters. The fourth-order valence-corrected chi connectivity index (χ4v) is 3.77. The van der Waals surface area contributed by atoms with E-state index >= 15 is 0 Å². The highest BCUT2D eigenvalue weighted by Crippen LogP contribution is 2.46. The molecule has 3 heteroatoms. The van der Waals surface area contributed by atoms with Gasteiger partial charge in [-0.3, -0.25) is 9.59 Å². The molecule has 27 heavy (non-hydrogen) atoms. The summed E-state index contributed by atoms with van der Waals surface area (Å²) in [7, 11) is 0. The van der Waals surface area contributed by atoms with Crippen LogP contribution >= 0.6 is 0 Å². The summed E-state index contributed by atoms with van der Waals surface area (Å²) in [4.78, 5) is 24.2. The Morgan fingerprint density at radius 1 is 0.889 bits per heavy atom. The van der Waals surface area contributed by atoms with Gasteiger partial charge in [0.2, 0.25) is 0 Å². The van der Waals surface area contributed by atoms with Gasteiger partial charge in [-0.15, -0.1) is 0 Å². The van der Waals surface area contributed by atoms with E-state index in [0.717, 1.165) is 18.5 Å². The molecular weight excluding hydrogens is 334 g/mol. The molecule has 0 radical (unpaired) electrons. The standard InChI is InChI=1S/C24H27NO2/c1-6-21(26)16-7-9-17(10-8-16)22(27)25-18-11-12-19-20(15-18)24(4,5)14-13-23(19,2)3/h6-12,15H,1,13-14H2,2-5H3,(H,25,27). The molecule has 1 N–H and O–H groups in total. The predicted molar refractivity (Wildman–Crippen MR) is 111 cm³/mol. The number of carbonyl (C=O) groups is 2. The minimum atomic E-state index is -0.180. The summed E-state index contributed by atoms with van der Waals surface area (Å²) < 4.78 is 0. The van der Waals surface area contributed by atoms with Crippen LogP contribution in [0.4, 0.5) is 5.69 Å². The number of ketones is 1. The summed E-state index contributed by atoms with van der Waals surface area (Å²) in [6, 6.07) is 12.9. The van der Waals surface area contributed by atoms with Crippen molar-refractivity contribution in [1.82, 2.24) is 0 Å². The van der Waals surface area contributed by atoms with E-state index < -0.39 is 0 Å². The lowest BCUT2D eigenvalue weighted by atomic mass is 9.63. The van der Waals surface area contributed by atoms with Gasteiger partial charge in [-0.25, -0.2) is 0 Å². The molecule has 3 nitrogen and oxygen atoms in total. The molecule has 2 aromatic carbocycles. The molecule has 140 valence electrons. The van der Waals surface area contributed by atoms with E-state index in [9.17, 15) is 9.59 Å². The molecule has 0 aromatic heterocycles. The number of nitrogens with one attached hydrogen (secondary N) is 1. The molecule has 1 aliphatic carbocycles. The SMILES string of the molecule is C=CC(=O)c1ccc(C(=O)Nc2ccc3c(c2)C(C)(C)CCC3(C)C)cc1. The fraction of sp³-hybridized carbons (Fsp3) is 0.333. The lowest BCUT2D eigenvalue weighted by molar-refractivity contribution is 0.102. The number of hydrogen-bond donors (Lipinski definition) is 1. The van der Waals surface area contributed by atoms with Crippen molar-refractivity contribution in [2.24, 2.45) is 0 Å². The molecule has 0 heterocycles. The van der Waals surface area contributed by atoms with Crippen molar-refractivity contribution in [1.29, 1.82) is 0 Å². The highest BCUT2D eigenvalue weighted by molar-refractivity contribution is 6.07. The highest BCUT2D eigenvalue weighted by atomic mass is 16.1. The molecule has 3 rings (SSSR count). The molecule has 0 bridgehead atoms. The third-order valence-corrected chi connectivity index (χ3v) is 5.73. The van der Waals surface area contributed by atoms with Crippen molar-refractivity contribution in [2.45, 2.75) is 51.4 Å². The molecule has 1 amide bonds. The van der Waals surface area contributed by atoms with Crippen LogP contribution in [0, 0.1) is 0 Å². The molecule has 1 aliphatic rings. The van der Waals surface area contributed by atoms with Gasteiger partial charge in [-0.05, 0) is 65.1 Å². The lowest BCUT2D eigenvalue weighted by Gasteiger charge is -2.42. The van der Waals surface area contributed by atoms with Gasteiger partial charge in [0.05, 0.1) is 0 Å². The maximum atomic E-state index is 12.6. The number of allylic oxidation sites excluding steroid dienone is 1. The van der Waals surface area contributed by atoms with E-state index in [1.807, 2.05) is 6.07 Å². The smallest absolute Gasteiger partial charge is 0.255 e. The Morgan fingerprint density at radius 3 is 2.04 bits per heavy atom. The van der Waals surface area contributed by atoms with E-state index in [1.54, 1.807) is 24.3 Å². The third-order valence-electron chi connectivity index (χ3n) is 5.73. The number of carbonyl (C=O) groups excluding carboxylic acids is 2. The van der Waals surface area contributed by atoms with Crippen molar-refractivity contribution in [3.05, 3.63) is 77.4 Å². The van der Waals surface area contributed by atoms with E-state index in [0.29, 0.717) is 11.1 Å². The van der Waals surface area contributed by atoms with Crippen molar-refractivity contribution in [3.8, 4) is 0 Å². The second-order valence-corrected chi connectivity index (χ2v) is 8.63. The first-order chi connectivity index (χ1) is 12.6. The molecule has 0 aliphatic heterocycles. The predicted octanol–water partition coefficient (Wildman–Crippen LogP) is 5.66. The Hall–Kier alpha value is -2.68. The monoisotopic (exact) mass is 361 g/mol. The van der Waals surface area contributed by atoms with Crippen LogP contribution in [0.5, 0.6) is 0 Å². The van der Waals surface area contributed by atoms with Gasteiger partial charge < -0.3 is 5.32 Å². The van der Waals surface area contributed by atoms with Crippen LogP contribution in [0.3, 0.4) is 0 Å². The van der Waals surface area contributed by atoms with Gasteiger partial charge in [0.15, 0.2) is 5.78 Å². The average Bonchev–Trinajstić information content (AvgIpc) is 2.65. The van der Waals surface area contributed by atoms with Gasteiger partial charge >= 0.3 is 0 Å². The Labute approximate surface area is 161 Å². The number of benzene rings is 2. The first kappa shape index (κ1) is 19.1. The second kappa shape index (κ2) is 6.80. The van der Waals surface area contributed by atoms with Crippen LogP contribution in [-0.4, -0.2) is 11.7 Å². The Bertz CT molecular complexity index is 904. The molecule has 0 fully saturated rings. The number of fused-ring (bicyclic) bond motifs is 1. The van der Waals surface area contributed by atoms with E-state index in [4.69, 9.17) is 0 Å². The molecule has 0 saturated heterocycles. The van der Waals surface area contributed by atoms with E-state index in [2.05, 4.69) is 51.7 Å². The minimum absolute atomic E-state index is 0.0955. The number of hydrogen-bond acceptors (Lipinski definition) is 2. The first-order valence-corrected chi connectivity index (χ1v) is 9.37. The van der Waals surface area contributed by atoms with Crippen molar-refractivity contribution in [3.63, 3.8) is 0 Å². The highest BCUT2D eigenvalue weighted by Gasteiger charge is 2.37. The van der Waals surface area contributed by atoms with E-state index in [-0.39, 0.29) is 22.5 Å². The van der Waals surface area contributed by atoms with Crippen molar-refractivity contribution >= 4 is 17.4 Å². The van der Waals surface area contributed by atoms with Crippen LogP contribution in [-0.2, 0) is 10.8 Å². The van der Waals surface area contributed by atoms with Crippen molar-refractivity contribution in [2.75, 3.05) is 5.32 Å². The largest absolute Gasteiger partial charge is 0.322 e. The lowest BCUT2D eigenvalue weighted by Crippen LogP contribution is -2.33. The van der Waals surface area contributed by atoms with Gasteiger partial charge in [-0.2, -0.15) is 0 Å². The second-order valence-electron chi connectivity index (χ2n) is 8.63. The van der Waals surface area contributed by atoms with Crippen LogP contribution in [0.25, 0.3) is 0 Å². The quantitative estimate of drug-likeness (QED) is 0.564. The zero-order valence-corrected chi connectivity index (χ0v) is 16.6. The summed E-state index contributed by atoms with van der Waals surface area (Å²) >= 11 is 0. The number of rotatable bonds is 4. The minimum Gasteiger partial charge on any atom is -0.322 e. The van der Waals surface area contributed by atoms with Gasteiger partial charge in [0.1, 0.15) is 0 Å². The van der Waals surface area contributed by atoms with Gasteiger partial charge in [0.25, 0.3) is 5.91 Å². The van der Waals surface area contributed by atoms with Crippen LogP contribution in [0.15, 0.2) is 55.1 Å². The molecule has 0 saturated carbocycles. The summed E-state index contributed by atoms with van der Waals surface area (Å²) in [5.41, 5.74) is 4.77. The average molecular weight is 361 g/mol. The normalized spacial score (nSPS) is 16.9. The summed E-state index contributed by atoms with van der Waals surface area (Å²) in [6.45, 7) is 12.6. The molecule has 2 aromatic rings. The Kier molecular flexibility index (Phi) is 4.81. The van der Waals surface area contributed by atoms with Crippen molar-refractivity contribution < 1.29 is 9.59 Å². The number of anilines is 1. The molecule has 0 atom stereocenters. The first-order valence-electron chi connectivity index (χ1n) is 9.37.